The van der Waals surface area contributed by atoms with E-state index in [9.17, 15) is 13.6 Å². The maximum absolute atomic E-state index is 14.1. The van der Waals surface area contributed by atoms with Gasteiger partial charge >= 0.3 is 0 Å². The highest BCUT2D eigenvalue weighted by Gasteiger charge is 2.39. The lowest BCUT2D eigenvalue weighted by Crippen LogP contribution is -2.31. The van der Waals surface area contributed by atoms with Gasteiger partial charge in [0.1, 0.15) is 17.2 Å². The molecule has 2 heterocycles. The topological polar surface area (TPSA) is 94.9 Å². The second kappa shape index (κ2) is 6.33. The first-order chi connectivity index (χ1) is 11.5. The molecule has 0 unspecified atom stereocenters. The number of methoxy groups -OCH3 is 1. The van der Waals surface area contributed by atoms with Gasteiger partial charge in [-0.15, -0.1) is 0 Å². The predicted octanol–water partition coefficient (Wildman–Crippen LogP) is 1.21. The highest BCUT2D eigenvalue weighted by atomic mass is 19.1. The number of ether oxygens (including phenoxy) is 1. The highest BCUT2D eigenvalue weighted by molar-refractivity contribution is 5.95. The number of carbonyl (C=O) groups excluding carboxylic acids is 1. The molecule has 1 N–H and O–H groups in total. The van der Waals surface area contributed by atoms with Gasteiger partial charge in [-0.25, -0.2) is 8.78 Å². The molecule has 0 bridgehead atoms. The van der Waals surface area contributed by atoms with E-state index in [1.165, 1.54) is 18.2 Å². The SMILES string of the molecule is CO[C@@H]1CN(C(=O)c2c(F)cc(C#N)cc2F)C[C@H]1c1cn[nH]n1. The normalized spacial score (nSPS) is 20.2. The number of aromatic amines is 1. The van der Waals surface area contributed by atoms with E-state index in [2.05, 4.69) is 15.4 Å². The largest absolute Gasteiger partial charge is 0.379 e. The van der Waals surface area contributed by atoms with Gasteiger partial charge in [0, 0.05) is 20.2 Å². The van der Waals surface area contributed by atoms with Crippen LogP contribution in [-0.4, -0.2) is 52.5 Å². The Labute approximate surface area is 135 Å². The van der Waals surface area contributed by atoms with Crippen molar-refractivity contribution in [2.24, 2.45) is 0 Å². The molecule has 0 aliphatic carbocycles. The number of nitrogens with one attached hydrogen (secondary N) is 1. The number of hydrogen-bond acceptors (Lipinski definition) is 5. The quantitative estimate of drug-likeness (QED) is 0.911. The van der Waals surface area contributed by atoms with E-state index in [1.807, 2.05) is 0 Å². The summed E-state index contributed by atoms with van der Waals surface area (Å²) in [5.41, 5.74) is -0.249. The smallest absolute Gasteiger partial charge is 0.259 e. The van der Waals surface area contributed by atoms with E-state index in [0.717, 1.165) is 12.1 Å². The average Bonchev–Trinajstić information content (AvgIpc) is 3.22. The zero-order valence-electron chi connectivity index (χ0n) is 12.7. The van der Waals surface area contributed by atoms with Gasteiger partial charge in [0.15, 0.2) is 0 Å². The number of likely N-dealkylation sites (tertiary alicyclic amines) is 1. The van der Waals surface area contributed by atoms with Gasteiger partial charge in [-0.05, 0) is 12.1 Å². The molecule has 0 spiro atoms. The van der Waals surface area contributed by atoms with Crippen LogP contribution in [0.4, 0.5) is 8.78 Å². The second-order valence-corrected chi connectivity index (χ2v) is 5.41. The summed E-state index contributed by atoms with van der Waals surface area (Å²) >= 11 is 0. The Hall–Kier alpha value is -2.86. The summed E-state index contributed by atoms with van der Waals surface area (Å²) in [4.78, 5) is 13.8. The molecule has 2 atom stereocenters. The van der Waals surface area contributed by atoms with Crippen LogP contribution >= 0.6 is 0 Å². The standard InChI is InChI=1S/C15H13F2N5O2/c1-24-13-7-22(6-9(13)12-5-19-21-20-12)15(23)14-10(16)2-8(4-18)3-11(14)17/h2-3,5,9,13H,6-7H2,1H3,(H,19,20,21)/t9-,13+/m0/s1. The number of halogens is 2. The maximum atomic E-state index is 14.1. The molecule has 1 aliphatic rings. The molecule has 1 saturated heterocycles. The van der Waals surface area contributed by atoms with Crippen molar-refractivity contribution in [3.05, 3.63) is 46.8 Å². The van der Waals surface area contributed by atoms with Gasteiger partial charge < -0.3 is 9.64 Å². The fourth-order valence-electron chi connectivity index (χ4n) is 2.85. The van der Waals surface area contributed by atoms with Crippen molar-refractivity contribution in [3.8, 4) is 6.07 Å². The summed E-state index contributed by atoms with van der Waals surface area (Å²) in [6.07, 6.45) is 1.16. The van der Waals surface area contributed by atoms with Crippen molar-refractivity contribution in [1.82, 2.24) is 20.3 Å². The molecule has 1 fully saturated rings. The van der Waals surface area contributed by atoms with Crippen LogP contribution in [0, 0.1) is 23.0 Å². The molecular weight excluding hydrogens is 320 g/mol. The number of hydrogen-bond donors (Lipinski definition) is 1. The number of benzene rings is 1. The highest BCUT2D eigenvalue weighted by Crippen LogP contribution is 2.29. The number of nitrogens with zero attached hydrogens (tertiary/aromatic N) is 4. The number of amides is 1. The Morgan fingerprint density at radius 3 is 2.67 bits per heavy atom. The zero-order valence-corrected chi connectivity index (χ0v) is 12.7. The molecule has 1 aromatic carbocycles. The number of H-pyrrole nitrogens is 1. The van der Waals surface area contributed by atoms with Crippen molar-refractivity contribution in [2.75, 3.05) is 20.2 Å². The average molecular weight is 333 g/mol. The van der Waals surface area contributed by atoms with Gasteiger partial charge in [-0.2, -0.15) is 20.7 Å². The van der Waals surface area contributed by atoms with E-state index in [-0.39, 0.29) is 30.7 Å². The fraction of sp³-hybridized carbons (Fsp3) is 0.333. The summed E-state index contributed by atoms with van der Waals surface area (Å²) in [5, 5.41) is 18.9. The van der Waals surface area contributed by atoms with Gasteiger partial charge in [-0.3, -0.25) is 4.79 Å². The first kappa shape index (κ1) is 16.0. The van der Waals surface area contributed by atoms with Crippen LogP contribution in [-0.2, 0) is 4.74 Å². The van der Waals surface area contributed by atoms with E-state index in [4.69, 9.17) is 10.00 Å². The molecule has 7 nitrogen and oxygen atoms in total. The predicted molar refractivity (Wildman–Crippen MR) is 76.9 cm³/mol. The number of rotatable bonds is 3. The molecule has 1 aliphatic heterocycles. The van der Waals surface area contributed by atoms with Crippen molar-refractivity contribution < 1.29 is 18.3 Å². The summed E-state index contributed by atoms with van der Waals surface area (Å²) in [5.74, 6) is -3.16. The van der Waals surface area contributed by atoms with Crippen LogP contribution in [0.1, 0.15) is 27.5 Å². The van der Waals surface area contributed by atoms with Crippen LogP contribution in [0.3, 0.4) is 0 Å². The van der Waals surface area contributed by atoms with Crippen molar-refractivity contribution in [3.63, 3.8) is 0 Å². The Morgan fingerprint density at radius 2 is 2.12 bits per heavy atom. The first-order valence-electron chi connectivity index (χ1n) is 7.12. The molecule has 0 radical (unpaired) electrons. The third-order valence-corrected chi connectivity index (χ3v) is 4.05. The molecule has 124 valence electrons. The van der Waals surface area contributed by atoms with Crippen LogP contribution in [0.25, 0.3) is 0 Å². The van der Waals surface area contributed by atoms with Gasteiger partial charge in [0.2, 0.25) is 0 Å². The molecule has 3 rings (SSSR count). The molecule has 2 aromatic rings. The molecule has 1 amide bonds. The number of carbonyl (C=O) groups is 1. The Morgan fingerprint density at radius 1 is 1.42 bits per heavy atom. The lowest BCUT2D eigenvalue weighted by atomic mass is 10.0. The Balaban J connectivity index is 1.88. The van der Waals surface area contributed by atoms with Crippen molar-refractivity contribution in [1.29, 1.82) is 5.26 Å². The minimum atomic E-state index is -1.06. The monoisotopic (exact) mass is 333 g/mol. The van der Waals surface area contributed by atoms with Crippen molar-refractivity contribution >= 4 is 5.91 Å². The van der Waals surface area contributed by atoms with E-state index in [0.29, 0.717) is 5.69 Å². The van der Waals surface area contributed by atoms with Gasteiger partial charge in [-0.1, -0.05) is 0 Å². The Bertz CT molecular complexity index is 780. The van der Waals surface area contributed by atoms with Gasteiger partial charge in [0.05, 0.1) is 35.5 Å². The van der Waals surface area contributed by atoms with Crippen molar-refractivity contribution in [2.45, 2.75) is 12.0 Å². The molecular formula is C15H13F2N5O2. The third-order valence-electron chi connectivity index (χ3n) is 4.05. The Kier molecular flexibility index (Phi) is 4.22. The van der Waals surface area contributed by atoms with E-state index in [1.54, 1.807) is 6.07 Å². The summed E-state index contributed by atoms with van der Waals surface area (Å²) < 4.78 is 33.5. The first-order valence-corrected chi connectivity index (χ1v) is 7.12. The molecule has 24 heavy (non-hydrogen) atoms. The number of nitriles is 1. The maximum Gasteiger partial charge on any atom is 0.259 e. The van der Waals surface area contributed by atoms with Crippen LogP contribution < -0.4 is 0 Å². The van der Waals surface area contributed by atoms with Gasteiger partial charge in [0.25, 0.3) is 5.91 Å². The summed E-state index contributed by atoms with van der Waals surface area (Å²) in [6.45, 7) is 0.370. The molecule has 0 saturated carbocycles. The second-order valence-electron chi connectivity index (χ2n) is 5.41. The van der Waals surface area contributed by atoms with E-state index >= 15 is 0 Å². The summed E-state index contributed by atoms with van der Waals surface area (Å²) in [7, 11) is 1.49. The summed E-state index contributed by atoms with van der Waals surface area (Å²) in [6, 6.07) is 3.33. The lowest BCUT2D eigenvalue weighted by molar-refractivity contribution is 0.0706. The van der Waals surface area contributed by atoms with Crippen LogP contribution in [0.15, 0.2) is 18.3 Å². The lowest BCUT2D eigenvalue weighted by Gasteiger charge is -2.17. The van der Waals surface area contributed by atoms with Crippen LogP contribution in [0.5, 0.6) is 0 Å². The molecule has 9 heteroatoms. The third kappa shape index (κ3) is 2.72. The van der Waals surface area contributed by atoms with E-state index < -0.39 is 23.1 Å². The van der Waals surface area contributed by atoms with Crippen LogP contribution in [0.2, 0.25) is 0 Å². The molecule has 1 aromatic heterocycles. The minimum absolute atomic E-state index is 0.172. The minimum Gasteiger partial charge on any atom is -0.379 e. The zero-order chi connectivity index (χ0) is 17.3. The fourth-order valence-corrected chi connectivity index (χ4v) is 2.85. The number of aromatic nitrogens is 3.